The second-order valence-electron chi connectivity index (χ2n) is 6.85. The molecule has 1 N–H and O–H groups in total. The van der Waals surface area contributed by atoms with Crippen molar-refractivity contribution in [1.82, 2.24) is 15.2 Å². The van der Waals surface area contributed by atoms with E-state index in [9.17, 15) is 0 Å². The van der Waals surface area contributed by atoms with Gasteiger partial charge in [0.1, 0.15) is 6.10 Å². The molecule has 1 unspecified atom stereocenters. The third kappa shape index (κ3) is 4.87. The number of benzene rings is 1. The molecule has 2 aromatic rings. The summed E-state index contributed by atoms with van der Waals surface area (Å²) < 4.78 is 6.04. The van der Waals surface area contributed by atoms with Crippen LogP contribution in [0.1, 0.15) is 39.7 Å². The molecule has 0 aliphatic carbocycles. The van der Waals surface area contributed by atoms with Gasteiger partial charge in [0.25, 0.3) is 0 Å². The van der Waals surface area contributed by atoms with Crippen LogP contribution in [0.15, 0.2) is 29.3 Å². The quantitative estimate of drug-likeness (QED) is 0.631. The highest BCUT2D eigenvalue weighted by molar-refractivity contribution is 7.11. The minimum absolute atomic E-state index is 0.0900. The Bertz CT molecular complexity index is 786. The van der Waals surface area contributed by atoms with E-state index in [1.54, 1.807) is 0 Å². The summed E-state index contributed by atoms with van der Waals surface area (Å²) in [6.07, 6.45) is 2.02. The highest BCUT2D eigenvalue weighted by Gasteiger charge is 2.25. The highest BCUT2D eigenvalue weighted by atomic mass is 32.1. The van der Waals surface area contributed by atoms with Crippen LogP contribution in [-0.4, -0.2) is 49.1 Å². The van der Waals surface area contributed by atoms with Gasteiger partial charge in [-0.05, 0) is 31.4 Å². The Morgan fingerprint density at radius 2 is 2.19 bits per heavy atom. The van der Waals surface area contributed by atoms with Crippen LogP contribution in [0.2, 0.25) is 0 Å². The average molecular weight is 387 g/mol. The van der Waals surface area contributed by atoms with Crippen LogP contribution in [0, 0.1) is 13.8 Å². The second kappa shape index (κ2) is 9.33. The SMILES string of the molecule is CCc1nc(CCNC(=NC)N2CCOC(c3ccccc3C)C2)sc1C. The van der Waals surface area contributed by atoms with Gasteiger partial charge in [0.15, 0.2) is 5.96 Å². The van der Waals surface area contributed by atoms with Crippen molar-refractivity contribution in [3.63, 3.8) is 0 Å². The Kier molecular flexibility index (Phi) is 6.85. The molecule has 0 amide bonds. The van der Waals surface area contributed by atoms with E-state index < -0.39 is 0 Å². The largest absolute Gasteiger partial charge is 0.370 e. The van der Waals surface area contributed by atoms with Crippen LogP contribution in [-0.2, 0) is 17.6 Å². The molecule has 0 bridgehead atoms. The van der Waals surface area contributed by atoms with E-state index in [2.05, 4.69) is 60.2 Å². The molecule has 2 heterocycles. The molecule has 1 saturated heterocycles. The van der Waals surface area contributed by atoms with Crippen molar-refractivity contribution in [2.45, 2.75) is 39.7 Å². The van der Waals surface area contributed by atoms with E-state index in [1.807, 2.05) is 18.4 Å². The molecule has 5 nitrogen and oxygen atoms in total. The van der Waals surface area contributed by atoms with E-state index >= 15 is 0 Å². The van der Waals surface area contributed by atoms with Gasteiger partial charge in [-0.15, -0.1) is 11.3 Å². The summed E-state index contributed by atoms with van der Waals surface area (Å²) >= 11 is 1.81. The molecule has 0 radical (unpaired) electrons. The number of hydrogen-bond donors (Lipinski definition) is 1. The van der Waals surface area contributed by atoms with E-state index in [-0.39, 0.29) is 6.10 Å². The van der Waals surface area contributed by atoms with Gasteiger partial charge in [0, 0.05) is 31.4 Å². The lowest BCUT2D eigenvalue weighted by molar-refractivity contribution is -0.00829. The number of thiazole rings is 1. The topological polar surface area (TPSA) is 49.8 Å². The van der Waals surface area contributed by atoms with Crippen molar-refractivity contribution in [2.24, 2.45) is 4.99 Å². The molecule has 1 fully saturated rings. The van der Waals surface area contributed by atoms with Crippen LogP contribution < -0.4 is 5.32 Å². The lowest BCUT2D eigenvalue weighted by Gasteiger charge is -2.35. The smallest absolute Gasteiger partial charge is 0.193 e. The first-order chi connectivity index (χ1) is 13.1. The van der Waals surface area contributed by atoms with E-state index in [0.29, 0.717) is 6.61 Å². The van der Waals surface area contributed by atoms with Gasteiger partial charge < -0.3 is 15.0 Å². The first-order valence-electron chi connectivity index (χ1n) is 9.70. The minimum atomic E-state index is 0.0900. The van der Waals surface area contributed by atoms with Crippen LogP contribution >= 0.6 is 11.3 Å². The lowest BCUT2D eigenvalue weighted by Crippen LogP contribution is -2.48. The molecule has 1 aromatic carbocycles. The Morgan fingerprint density at radius 1 is 1.37 bits per heavy atom. The molecule has 1 aliphatic heterocycles. The molecule has 0 spiro atoms. The fourth-order valence-corrected chi connectivity index (χ4v) is 4.54. The molecular weight excluding hydrogens is 356 g/mol. The van der Waals surface area contributed by atoms with E-state index in [1.165, 1.54) is 26.7 Å². The molecule has 6 heteroatoms. The monoisotopic (exact) mass is 386 g/mol. The summed E-state index contributed by atoms with van der Waals surface area (Å²) in [6.45, 7) is 9.70. The Labute approximate surface area is 166 Å². The molecule has 3 rings (SSSR count). The molecule has 27 heavy (non-hydrogen) atoms. The fraction of sp³-hybridized carbons (Fsp3) is 0.524. The number of guanidine groups is 1. The molecule has 0 saturated carbocycles. The summed E-state index contributed by atoms with van der Waals surface area (Å²) in [7, 11) is 1.85. The number of nitrogens with one attached hydrogen (secondary N) is 1. The van der Waals surface area contributed by atoms with Crippen molar-refractivity contribution >= 4 is 17.3 Å². The average Bonchev–Trinajstić information content (AvgIpc) is 3.05. The van der Waals surface area contributed by atoms with Crippen molar-refractivity contribution in [2.75, 3.05) is 33.3 Å². The van der Waals surface area contributed by atoms with Gasteiger partial charge >= 0.3 is 0 Å². The highest BCUT2D eigenvalue weighted by Crippen LogP contribution is 2.25. The van der Waals surface area contributed by atoms with Crippen molar-refractivity contribution in [3.05, 3.63) is 51.0 Å². The normalized spacial score (nSPS) is 18.0. The zero-order chi connectivity index (χ0) is 19.2. The number of morpholine rings is 1. The number of aryl methyl sites for hydroxylation is 3. The predicted molar refractivity (Wildman–Crippen MR) is 113 cm³/mol. The van der Waals surface area contributed by atoms with Gasteiger partial charge in [0.05, 0.1) is 23.9 Å². The molecule has 1 aliphatic rings. The van der Waals surface area contributed by atoms with E-state index in [0.717, 1.165) is 38.4 Å². The van der Waals surface area contributed by atoms with E-state index in [4.69, 9.17) is 9.72 Å². The number of rotatable bonds is 5. The predicted octanol–water partition coefficient (Wildman–Crippen LogP) is 3.51. The van der Waals surface area contributed by atoms with Crippen LogP contribution in [0.5, 0.6) is 0 Å². The number of nitrogens with zero attached hydrogens (tertiary/aromatic N) is 3. The number of aliphatic imine (C=N–C) groups is 1. The first kappa shape index (κ1) is 19.8. The molecule has 1 aromatic heterocycles. The number of aromatic nitrogens is 1. The van der Waals surface area contributed by atoms with Crippen molar-refractivity contribution in [1.29, 1.82) is 0 Å². The molecular formula is C21H30N4OS. The lowest BCUT2D eigenvalue weighted by atomic mass is 10.0. The third-order valence-corrected chi connectivity index (χ3v) is 6.08. The third-order valence-electron chi connectivity index (χ3n) is 5.01. The van der Waals surface area contributed by atoms with Crippen molar-refractivity contribution in [3.8, 4) is 0 Å². The van der Waals surface area contributed by atoms with Gasteiger partial charge in [0.2, 0.25) is 0 Å². The van der Waals surface area contributed by atoms with Gasteiger partial charge in [-0.25, -0.2) is 4.98 Å². The Morgan fingerprint density at radius 3 is 2.89 bits per heavy atom. The summed E-state index contributed by atoms with van der Waals surface area (Å²) in [5, 5.41) is 4.71. The van der Waals surface area contributed by atoms with Crippen LogP contribution in [0.25, 0.3) is 0 Å². The zero-order valence-corrected chi connectivity index (χ0v) is 17.6. The fourth-order valence-electron chi connectivity index (χ4n) is 3.51. The van der Waals surface area contributed by atoms with Gasteiger partial charge in [-0.3, -0.25) is 4.99 Å². The summed E-state index contributed by atoms with van der Waals surface area (Å²) in [4.78, 5) is 12.9. The molecule has 1 atom stereocenters. The minimum Gasteiger partial charge on any atom is -0.370 e. The summed E-state index contributed by atoms with van der Waals surface area (Å²) in [5.41, 5.74) is 3.77. The first-order valence-corrected chi connectivity index (χ1v) is 10.5. The van der Waals surface area contributed by atoms with Crippen LogP contribution in [0.4, 0.5) is 0 Å². The summed E-state index contributed by atoms with van der Waals surface area (Å²) in [6, 6.07) is 8.46. The van der Waals surface area contributed by atoms with Gasteiger partial charge in [-0.1, -0.05) is 31.2 Å². The maximum atomic E-state index is 6.04. The Balaban J connectivity index is 1.57. The summed E-state index contributed by atoms with van der Waals surface area (Å²) in [5.74, 6) is 0.945. The molecule has 146 valence electrons. The maximum Gasteiger partial charge on any atom is 0.193 e. The Hall–Kier alpha value is -1.92. The second-order valence-corrected chi connectivity index (χ2v) is 8.14. The number of ether oxygens (including phenoxy) is 1. The standard InChI is InChI=1S/C21H30N4OS/c1-5-18-16(3)27-20(24-18)10-11-23-21(22-4)25-12-13-26-19(14-25)17-9-7-6-8-15(17)2/h6-9,19H,5,10-14H2,1-4H3,(H,22,23). The number of hydrogen-bond acceptors (Lipinski definition) is 4. The maximum absolute atomic E-state index is 6.04. The zero-order valence-electron chi connectivity index (χ0n) is 16.8. The van der Waals surface area contributed by atoms with Crippen molar-refractivity contribution < 1.29 is 4.74 Å². The van der Waals surface area contributed by atoms with Crippen LogP contribution in [0.3, 0.4) is 0 Å². The van der Waals surface area contributed by atoms with Gasteiger partial charge in [-0.2, -0.15) is 0 Å².